The summed E-state index contributed by atoms with van der Waals surface area (Å²) in [5.41, 5.74) is 2.63. The Morgan fingerprint density at radius 1 is 1.03 bits per heavy atom. The maximum Gasteiger partial charge on any atom is 0.325 e. The van der Waals surface area contributed by atoms with Crippen LogP contribution < -0.4 is 15.5 Å². The molecular weight excluding hydrogens is 430 g/mol. The number of hydrogen-bond acceptors (Lipinski definition) is 5. The highest BCUT2D eigenvalue weighted by atomic mass is 16.2. The van der Waals surface area contributed by atoms with Crippen LogP contribution >= 0.6 is 0 Å². The van der Waals surface area contributed by atoms with Crippen molar-refractivity contribution in [2.45, 2.75) is 31.7 Å². The molecule has 2 saturated heterocycles. The second-order valence-corrected chi connectivity index (χ2v) is 9.25. The summed E-state index contributed by atoms with van der Waals surface area (Å²) in [5, 5.41) is 5.72. The lowest BCUT2D eigenvalue weighted by molar-refractivity contribution is -0.134. The second-order valence-electron chi connectivity index (χ2n) is 9.25. The Morgan fingerprint density at radius 2 is 1.76 bits per heavy atom. The predicted octanol–water partition coefficient (Wildman–Crippen LogP) is 2.55. The molecule has 2 heterocycles. The van der Waals surface area contributed by atoms with Gasteiger partial charge in [0, 0.05) is 37.6 Å². The fourth-order valence-corrected chi connectivity index (χ4v) is 5.38. The fourth-order valence-electron chi connectivity index (χ4n) is 5.38. The van der Waals surface area contributed by atoms with Crippen LogP contribution in [0.1, 0.15) is 30.9 Å². The minimum atomic E-state index is -1.06. The van der Waals surface area contributed by atoms with Crippen molar-refractivity contribution >= 4 is 29.2 Å². The Bertz CT molecular complexity index is 1090. The van der Waals surface area contributed by atoms with Crippen molar-refractivity contribution < 1.29 is 14.4 Å². The Hall–Kier alpha value is -3.39. The molecule has 4 amide bonds. The van der Waals surface area contributed by atoms with Gasteiger partial charge >= 0.3 is 6.03 Å². The molecule has 1 atom stereocenters. The average Bonchev–Trinajstić information content (AvgIpc) is 3.09. The molecule has 5 rings (SSSR count). The summed E-state index contributed by atoms with van der Waals surface area (Å²) < 4.78 is 0. The topological polar surface area (TPSA) is 85.0 Å². The standard InChI is InChI=1S/C26H31N5O3/c1-2-29-14-16-30(17-15-29)21-11-9-20(10-12-21)27-23(32)18-31-24(33)26(28-25(31)34)13-5-7-19-6-3-4-8-22(19)26/h3-4,6,8-12H,2,5,7,13-18H2,1H3,(H,27,32)(H,28,34). The average molecular weight is 462 g/mol. The molecule has 0 aromatic heterocycles. The lowest BCUT2D eigenvalue weighted by Gasteiger charge is -2.35. The van der Waals surface area contributed by atoms with Crippen LogP contribution in [-0.4, -0.2) is 66.9 Å². The molecule has 2 fully saturated rings. The van der Waals surface area contributed by atoms with Gasteiger partial charge in [-0.2, -0.15) is 0 Å². The number of carbonyl (C=O) groups excluding carboxylic acids is 3. The van der Waals surface area contributed by atoms with Gasteiger partial charge < -0.3 is 20.4 Å². The zero-order valence-corrected chi connectivity index (χ0v) is 19.5. The van der Waals surface area contributed by atoms with E-state index in [1.807, 2.05) is 48.5 Å². The number of nitrogens with one attached hydrogen (secondary N) is 2. The summed E-state index contributed by atoms with van der Waals surface area (Å²) in [6.07, 6.45) is 2.23. The number of carbonyl (C=O) groups is 3. The summed E-state index contributed by atoms with van der Waals surface area (Å²) in [5.74, 6) is -0.740. The van der Waals surface area contributed by atoms with E-state index in [9.17, 15) is 14.4 Å². The van der Waals surface area contributed by atoms with Crippen LogP contribution in [0.2, 0.25) is 0 Å². The number of rotatable bonds is 5. The molecule has 1 aliphatic carbocycles. The van der Waals surface area contributed by atoms with E-state index >= 15 is 0 Å². The first-order valence-corrected chi connectivity index (χ1v) is 12.1. The van der Waals surface area contributed by atoms with E-state index < -0.39 is 17.5 Å². The minimum absolute atomic E-state index is 0.310. The number of likely N-dealkylation sites (N-methyl/N-ethyl adjacent to an activating group) is 1. The zero-order chi connectivity index (χ0) is 23.7. The van der Waals surface area contributed by atoms with Crippen LogP contribution in [-0.2, 0) is 21.5 Å². The summed E-state index contributed by atoms with van der Waals surface area (Å²) in [6.45, 7) is 7.01. The molecule has 34 heavy (non-hydrogen) atoms. The van der Waals surface area contributed by atoms with Crippen LogP contribution in [0.4, 0.5) is 16.2 Å². The Kier molecular flexibility index (Phi) is 6.00. The zero-order valence-electron chi connectivity index (χ0n) is 19.5. The first kappa shape index (κ1) is 22.4. The lowest BCUT2D eigenvalue weighted by Crippen LogP contribution is -2.47. The van der Waals surface area contributed by atoms with Gasteiger partial charge in [0.1, 0.15) is 12.1 Å². The molecule has 0 radical (unpaired) electrons. The molecule has 0 bridgehead atoms. The highest BCUT2D eigenvalue weighted by Crippen LogP contribution is 2.39. The van der Waals surface area contributed by atoms with E-state index in [0.717, 1.165) is 67.3 Å². The highest BCUT2D eigenvalue weighted by Gasteiger charge is 2.54. The third-order valence-corrected chi connectivity index (χ3v) is 7.29. The highest BCUT2D eigenvalue weighted by molar-refractivity contribution is 6.10. The number of fused-ring (bicyclic) bond motifs is 2. The monoisotopic (exact) mass is 461 g/mol. The number of imide groups is 1. The van der Waals surface area contributed by atoms with Gasteiger partial charge in [0.25, 0.3) is 5.91 Å². The molecule has 1 unspecified atom stereocenters. The number of urea groups is 1. The summed E-state index contributed by atoms with van der Waals surface area (Å²) >= 11 is 0. The van der Waals surface area contributed by atoms with E-state index in [1.165, 1.54) is 0 Å². The van der Waals surface area contributed by atoms with Gasteiger partial charge in [-0.1, -0.05) is 31.2 Å². The first-order chi connectivity index (χ1) is 16.5. The molecule has 8 nitrogen and oxygen atoms in total. The van der Waals surface area contributed by atoms with Crippen LogP contribution in [0.15, 0.2) is 48.5 Å². The van der Waals surface area contributed by atoms with Crippen molar-refractivity contribution in [1.82, 2.24) is 15.1 Å². The lowest BCUT2D eigenvalue weighted by atomic mass is 9.76. The van der Waals surface area contributed by atoms with Gasteiger partial charge in [-0.3, -0.25) is 14.5 Å². The van der Waals surface area contributed by atoms with Crippen molar-refractivity contribution in [2.75, 3.05) is 49.5 Å². The number of aryl methyl sites for hydroxylation is 1. The van der Waals surface area contributed by atoms with Gasteiger partial charge in [0.2, 0.25) is 5.91 Å². The predicted molar refractivity (Wildman–Crippen MR) is 131 cm³/mol. The van der Waals surface area contributed by atoms with E-state index in [1.54, 1.807) is 0 Å². The molecule has 0 saturated carbocycles. The molecule has 2 aliphatic heterocycles. The van der Waals surface area contributed by atoms with Gasteiger partial charge in [0.15, 0.2) is 0 Å². The van der Waals surface area contributed by atoms with Gasteiger partial charge in [-0.25, -0.2) is 4.79 Å². The summed E-state index contributed by atoms with van der Waals surface area (Å²) in [7, 11) is 0. The number of nitrogens with zero attached hydrogens (tertiary/aromatic N) is 3. The summed E-state index contributed by atoms with van der Waals surface area (Å²) in [6, 6.07) is 14.9. The molecule has 8 heteroatoms. The summed E-state index contributed by atoms with van der Waals surface area (Å²) in [4.78, 5) is 44.6. The molecular formula is C26H31N5O3. The van der Waals surface area contributed by atoms with Crippen LogP contribution in [0, 0.1) is 0 Å². The van der Waals surface area contributed by atoms with E-state index in [-0.39, 0.29) is 12.5 Å². The third-order valence-electron chi connectivity index (χ3n) is 7.29. The van der Waals surface area contributed by atoms with E-state index in [0.29, 0.717) is 12.1 Å². The normalized spacial score (nSPS) is 22.6. The Labute approximate surface area is 199 Å². The van der Waals surface area contributed by atoms with Crippen molar-refractivity contribution in [2.24, 2.45) is 0 Å². The molecule has 3 aliphatic rings. The molecule has 2 N–H and O–H groups in total. The van der Waals surface area contributed by atoms with Crippen LogP contribution in [0.3, 0.4) is 0 Å². The van der Waals surface area contributed by atoms with Crippen molar-refractivity contribution in [1.29, 1.82) is 0 Å². The minimum Gasteiger partial charge on any atom is -0.369 e. The number of benzene rings is 2. The number of anilines is 2. The van der Waals surface area contributed by atoms with Crippen LogP contribution in [0.5, 0.6) is 0 Å². The van der Waals surface area contributed by atoms with E-state index in [2.05, 4.69) is 27.4 Å². The smallest absolute Gasteiger partial charge is 0.325 e. The van der Waals surface area contributed by atoms with E-state index in [4.69, 9.17) is 0 Å². The molecule has 178 valence electrons. The number of piperazine rings is 1. The fraction of sp³-hybridized carbons (Fsp3) is 0.423. The molecule has 1 spiro atoms. The second kappa shape index (κ2) is 9.10. The number of hydrogen-bond donors (Lipinski definition) is 2. The molecule has 2 aromatic carbocycles. The Morgan fingerprint density at radius 3 is 2.50 bits per heavy atom. The maximum atomic E-state index is 13.4. The van der Waals surface area contributed by atoms with Gasteiger partial charge in [-0.15, -0.1) is 0 Å². The Balaban J connectivity index is 1.22. The number of amides is 4. The quantitative estimate of drug-likeness (QED) is 0.669. The largest absolute Gasteiger partial charge is 0.369 e. The van der Waals surface area contributed by atoms with Gasteiger partial charge in [0.05, 0.1) is 0 Å². The van der Waals surface area contributed by atoms with Crippen molar-refractivity contribution in [3.63, 3.8) is 0 Å². The molecule has 2 aromatic rings. The maximum absolute atomic E-state index is 13.4. The third kappa shape index (κ3) is 4.03. The first-order valence-electron chi connectivity index (χ1n) is 12.1. The van der Waals surface area contributed by atoms with Crippen LogP contribution in [0.25, 0.3) is 0 Å². The van der Waals surface area contributed by atoms with Gasteiger partial charge in [-0.05, 0) is 61.2 Å². The van der Waals surface area contributed by atoms with Crippen molar-refractivity contribution in [3.05, 3.63) is 59.7 Å². The van der Waals surface area contributed by atoms with Crippen molar-refractivity contribution in [3.8, 4) is 0 Å². The SMILES string of the molecule is CCN1CCN(c2ccc(NC(=O)CN3C(=O)NC4(CCCc5ccccc54)C3=O)cc2)CC1.